The standard InChI is InChI=1S/C16H24ClN3O/c1-3-9-18-14-13(17)10-12(11-19-14)15(21)20-16(2)7-5-4-6-8-16/h10-11H,3-9H2,1-2H3,(H,18,19)(H,20,21). The van der Waals surface area contributed by atoms with Crippen LogP contribution in [0.5, 0.6) is 0 Å². The topological polar surface area (TPSA) is 54.0 Å². The van der Waals surface area contributed by atoms with Gasteiger partial charge in [0.15, 0.2) is 0 Å². The smallest absolute Gasteiger partial charge is 0.253 e. The predicted octanol–water partition coefficient (Wildman–Crippen LogP) is 4.01. The number of nitrogens with zero attached hydrogens (tertiary/aromatic N) is 1. The number of pyridine rings is 1. The van der Waals surface area contributed by atoms with Crippen molar-refractivity contribution in [3.05, 3.63) is 22.8 Å². The third-order valence-electron chi connectivity index (χ3n) is 4.02. The maximum Gasteiger partial charge on any atom is 0.253 e. The van der Waals surface area contributed by atoms with Gasteiger partial charge in [-0.05, 0) is 32.3 Å². The number of rotatable bonds is 5. The molecule has 0 radical (unpaired) electrons. The minimum Gasteiger partial charge on any atom is -0.369 e. The number of aromatic nitrogens is 1. The summed E-state index contributed by atoms with van der Waals surface area (Å²) < 4.78 is 0. The Bertz CT molecular complexity index is 498. The Morgan fingerprint density at radius 3 is 2.71 bits per heavy atom. The van der Waals surface area contributed by atoms with Gasteiger partial charge in [-0.2, -0.15) is 0 Å². The monoisotopic (exact) mass is 309 g/mol. The second kappa shape index (κ2) is 7.12. The summed E-state index contributed by atoms with van der Waals surface area (Å²) in [5, 5.41) is 6.78. The Kier molecular flexibility index (Phi) is 5.45. The van der Waals surface area contributed by atoms with E-state index in [1.807, 2.05) is 0 Å². The molecule has 0 atom stereocenters. The Balaban J connectivity index is 2.03. The molecule has 1 heterocycles. The van der Waals surface area contributed by atoms with Crippen LogP contribution in [0.2, 0.25) is 5.02 Å². The van der Waals surface area contributed by atoms with Crippen molar-refractivity contribution in [3.63, 3.8) is 0 Å². The largest absolute Gasteiger partial charge is 0.369 e. The highest BCUT2D eigenvalue weighted by atomic mass is 35.5. The normalized spacial score (nSPS) is 17.3. The molecule has 2 rings (SSSR count). The van der Waals surface area contributed by atoms with Crippen molar-refractivity contribution < 1.29 is 4.79 Å². The SMILES string of the molecule is CCCNc1ncc(C(=O)NC2(C)CCCCC2)cc1Cl. The van der Waals surface area contributed by atoms with Crippen LogP contribution in [0.15, 0.2) is 12.3 Å². The average Bonchev–Trinajstić information content (AvgIpc) is 2.46. The van der Waals surface area contributed by atoms with Crippen LogP contribution in [0.25, 0.3) is 0 Å². The van der Waals surface area contributed by atoms with Crippen LogP contribution < -0.4 is 10.6 Å². The molecule has 1 aromatic heterocycles. The van der Waals surface area contributed by atoms with Gasteiger partial charge in [-0.3, -0.25) is 4.79 Å². The summed E-state index contributed by atoms with van der Waals surface area (Å²) in [5.41, 5.74) is 0.426. The van der Waals surface area contributed by atoms with Crippen molar-refractivity contribution in [2.24, 2.45) is 0 Å². The number of carbonyl (C=O) groups is 1. The molecule has 0 saturated heterocycles. The van der Waals surface area contributed by atoms with Gasteiger partial charge in [-0.15, -0.1) is 0 Å². The molecule has 2 N–H and O–H groups in total. The summed E-state index contributed by atoms with van der Waals surface area (Å²) in [6.45, 7) is 5.01. The van der Waals surface area contributed by atoms with Gasteiger partial charge in [0.25, 0.3) is 5.91 Å². The summed E-state index contributed by atoms with van der Waals surface area (Å²) in [5.74, 6) is 0.551. The number of anilines is 1. The van der Waals surface area contributed by atoms with Crippen LogP contribution in [0.1, 0.15) is 62.7 Å². The Morgan fingerprint density at radius 1 is 1.38 bits per heavy atom. The first-order chi connectivity index (χ1) is 10.0. The molecule has 1 saturated carbocycles. The van der Waals surface area contributed by atoms with Crippen LogP contribution >= 0.6 is 11.6 Å². The lowest BCUT2D eigenvalue weighted by Gasteiger charge is -2.34. The minimum atomic E-state index is -0.0963. The summed E-state index contributed by atoms with van der Waals surface area (Å²) in [4.78, 5) is 16.6. The maximum atomic E-state index is 12.4. The molecule has 1 aliphatic rings. The second-order valence-corrected chi connectivity index (χ2v) is 6.46. The Morgan fingerprint density at radius 2 is 2.10 bits per heavy atom. The van der Waals surface area contributed by atoms with Crippen LogP contribution in [-0.4, -0.2) is 23.0 Å². The van der Waals surface area contributed by atoms with Crippen molar-refractivity contribution >= 4 is 23.3 Å². The fourth-order valence-electron chi connectivity index (χ4n) is 2.74. The van der Waals surface area contributed by atoms with Crippen molar-refractivity contribution in [1.29, 1.82) is 0 Å². The summed E-state index contributed by atoms with van der Waals surface area (Å²) in [6, 6.07) is 1.69. The highest BCUT2D eigenvalue weighted by molar-refractivity contribution is 6.33. The first-order valence-electron chi connectivity index (χ1n) is 7.76. The van der Waals surface area contributed by atoms with Gasteiger partial charge >= 0.3 is 0 Å². The Hall–Kier alpha value is -1.29. The van der Waals surface area contributed by atoms with E-state index < -0.39 is 0 Å². The number of carbonyl (C=O) groups excluding carboxylic acids is 1. The van der Waals surface area contributed by atoms with Crippen molar-refractivity contribution in [2.75, 3.05) is 11.9 Å². The van der Waals surface area contributed by atoms with Gasteiger partial charge in [0.05, 0.1) is 10.6 Å². The molecule has 0 spiro atoms. The molecule has 0 unspecified atom stereocenters. The highest BCUT2D eigenvalue weighted by Gasteiger charge is 2.28. The molecule has 116 valence electrons. The van der Waals surface area contributed by atoms with E-state index in [4.69, 9.17) is 11.6 Å². The number of amides is 1. The van der Waals surface area contributed by atoms with Gasteiger partial charge in [-0.1, -0.05) is 37.8 Å². The third kappa shape index (κ3) is 4.34. The lowest BCUT2D eigenvalue weighted by Crippen LogP contribution is -2.47. The number of hydrogen-bond donors (Lipinski definition) is 2. The fourth-order valence-corrected chi connectivity index (χ4v) is 2.97. The molecule has 0 bridgehead atoms. The van der Waals surface area contributed by atoms with E-state index in [1.165, 1.54) is 19.3 Å². The zero-order valence-corrected chi connectivity index (χ0v) is 13.6. The molecule has 21 heavy (non-hydrogen) atoms. The van der Waals surface area contributed by atoms with Gasteiger partial charge in [0, 0.05) is 18.3 Å². The van der Waals surface area contributed by atoms with Crippen molar-refractivity contribution in [1.82, 2.24) is 10.3 Å². The Labute approximate surface area is 131 Å². The lowest BCUT2D eigenvalue weighted by molar-refractivity contribution is 0.0882. The zero-order valence-electron chi connectivity index (χ0n) is 12.8. The molecule has 4 nitrogen and oxygen atoms in total. The van der Waals surface area contributed by atoms with E-state index in [2.05, 4.69) is 29.5 Å². The second-order valence-electron chi connectivity index (χ2n) is 6.06. The van der Waals surface area contributed by atoms with Gasteiger partial charge < -0.3 is 10.6 Å². The molecular formula is C16H24ClN3O. The van der Waals surface area contributed by atoms with Crippen LogP contribution in [0.3, 0.4) is 0 Å². The van der Waals surface area contributed by atoms with Crippen molar-refractivity contribution in [3.8, 4) is 0 Å². The quantitative estimate of drug-likeness (QED) is 0.864. The molecule has 1 aromatic rings. The van der Waals surface area contributed by atoms with E-state index in [1.54, 1.807) is 12.3 Å². The lowest BCUT2D eigenvalue weighted by atomic mass is 9.83. The summed E-state index contributed by atoms with van der Waals surface area (Å²) >= 11 is 6.18. The molecule has 0 aliphatic heterocycles. The highest BCUT2D eigenvalue weighted by Crippen LogP contribution is 2.28. The van der Waals surface area contributed by atoms with Crippen LogP contribution in [0, 0.1) is 0 Å². The van der Waals surface area contributed by atoms with E-state index >= 15 is 0 Å². The molecule has 5 heteroatoms. The number of halogens is 1. The molecular weight excluding hydrogens is 286 g/mol. The summed E-state index contributed by atoms with van der Waals surface area (Å²) in [7, 11) is 0. The van der Waals surface area contributed by atoms with Crippen LogP contribution in [0.4, 0.5) is 5.82 Å². The zero-order chi connectivity index (χ0) is 15.3. The maximum absolute atomic E-state index is 12.4. The third-order valence-corrected chi connectivity index (χ3v) is 4.31. The molecule has 0 aromatic carbocycles. The van der Waals surface area contributed by atoms with Gasteiger partial charge in [0.1, 0.15) is 5.82 Å². The predicted molar refractivity (Wildman–Crippen MR) is 87.0 cm³/mol. The number of hydrogen-bond acceptors (Lipinski definition) is 3. The average molecular weight is 310 g/mol. The minimum absolute atomic E-state index is 0.0872. The van der Waals surface area contributed by atoms with E-state index in [0.717, 1.165) is 25.8 Å². The molecule has 1 fully saturated rings. The van der Waals surface area contributed by atoms with Crippen LogP contribution in [-0.2, 0) is 0 Å². The van der Waals surface area contributed by atoms with Gasteiger partial charge in [0.2, 0.25) is 0 Å². The van der Waals surface area contributed by atoms with Crippen molar-refractivity contribution in [2.45, 2.75) is 57.9 Å². The first-order valence-corrected chi connectivity index (χ1v) is 8.14. The number of nitrogens with one attached hydrogen (secondary N) is 2. The van der Waals surface area contributed by atoms with E-state index in [0.29, 0.717) is 16.4 Å². The van der Waals surface area contributed by atoms with Gasteiger partial charge in [-0.25, -0.2) is 4.98 Å². The molecule has 1 aliphatic carbocycles. The molecule has 1 amide bonds. The first kappa shape index (κ1) is 16.1. The van der Waals surface area contributed by atoms with E-state index in [-0.39, 0.29) is 11.4 Å². The summed E-state index contributed by atoms with van der Waals surface area (Å²) in [6.07, 6.45) is 8.28. The fraction of sp³-hybridized carbons (Fsp3) is 0.625. The van der Waals surface area contributed by atoms with E-state index in [9.17, 15) is 4.79 Å².